The molecule has 4 N–H and O–H groups in total. The Kier molecular flexibility index (Phi) is 6.79. The van der Waals surface area contributed by atoms with Gasteiger partial charge in [-0.2, -0.15) is 13.2 Å². The number of carbonyl (C=O) groups excluding carboxylic acids is 2. The van der Waals surface area contributed by atoms with Crippen molar-refractivity contribution in [2.45, 2.75) is 42.9 Å². The molecule has 1 fully saturated rings. The van der Waals surface area contributed by atoms with Gasteiger partial charge in [0.05, 0.1) is 25.0 Å². The number of benzene rings is 1. The quantitative estimate of drug-likeness (QED) is 0.257. The van der Waals surface area contributed by atoms with Gasteiger partial charge in [-0.25, -0.2) is 14.4 Å². The summed E-state index contributed by atoms with van der Waals surface area (Å²) < 4.78 is 70.3. The van der Waals surface area contributed by atoms with Crippen LogP contribution in [0.25, 0.3) is 16.9 Å². The number of imidazole rings is 1. The van der Waals surface area contributed by atoms with E-state index in [4.69, 9.17) is 15.2 Å². The molecule has 0 bridgehead atoms. The molecule has 2 amide bonds. The van der Waals surface area contributed by atoms with Crippen molar-refractivity contribution in [2.75, 3.05) is 20.3 Å². The number of aliphatic hydroxyl groups is 1. The summed E-state index contributed by atoms with van der Waals surface area (Å²) in [5, 5.41) is 13.5. The summed E-state index contributed by atoms with van der Waals surface area (Å²) in [5.41, 5.74) is 0.377. The molecule has 4 heterocycles. The number of aromatic nitrogens is 3. The van der Waals surface area contributed by atoms with E-state index in [-0.39, 0.29) is 40.8 Å². The molecule has 1 saturated carbocycles. The van der Waals surface area contributed by atoms with Gasteiger partial charge in [0.2, 0.25) is 11.5 Å². The first kappa shape index (κ1) is 29.4. The molecule has 4 aromatic rings. The zero-order valence-corrected chi connectivity index (χ0v) is 23.5. The fraction of sp³-hybridized carbons (Fsp3) is 0.333. The predicted molar refractivity (Wildman–Crippen MR) is 148 cm³/mol. The highest BCUT2D eigenvalue weighted by atomic mass is 19.4. The van der Waals surface area contributed by atoms with Crippen LogP contribution < -0.4 is 20.5 Å². The zero-order valence-electron chi connectivity index (χ0n) is 23.5. The average molecular weight is 614 g/mol. The van der Waals surface area contributed by atoms with E-state index in [2.05, 4.69) is 15.3 Å². The molecule has 1 aliphatic carbocycles. The topological polar surface area (TPSA) is 141 Å². The summed E-state index contributed by atoms with van der Waals surface area (Å²) in [6.45, 7) is -0.237. The van der Waals surface area contributed by atoms with Gasteiger partial charge in [0, 0.05) is 23.2 Å². The maximum atomic E-state index is 14.7. The number of ether oxygens (including phenoxy) is 2. The van der Waals surface area contributed by atoms with Crippen LogP contribution in [0.4, 0.5) is 17.6 Å². The van der Waals surface area contributed by atoms with E-state index in [1.54, 1.807) is 6.20 Å². The Morgan fingerprint density at radius 3 is 2.50 bits per heavy atom. The lowest BCUT2D eigenvalue weighted by Crippen LogP contribution is -2.52. The van der Waals surface area contributed by atoms with Gasteiger partial charge < -0.3 is 25.6 Å². The van der Waals surface area contributed by atoms with E-state index in [1.165, 1.54) is 42.7 Å². The van der Waals surface area contributed by atoms with E-state index in [0.717, 1.165) is 36.7 Å². The lowest BCUT2D eigenvalue weighted by Gasteiger charge is -2.31. The van der Waals surface area contributed by atoms with Gasteiger partial charge >= 0.3 is 6.18 Å². The number of hydrogen-bond acceptors (Lipinski definition) is 7. The van der Waals surface area contributed by atoms with Gasteiger partial charge in [0.1, 0.15) is 35.0 Å². The second-order valence-electron chi connectivity index (χ2n) is 11.2. The van der Waals surface area contributed by atoms with E-state index >= 15 is 0 Å². The SMILES string of the molecule is COc1ccc(C(=O)NCC(O)(c2cc3c(c(-c4ccc(F)cc4)n2)OC[C@]3(C)C(N)=O)C(F)(F)F)n2cc(C3CC3)nc12. The van der Waals surface area contributed by atoms with Crippen molar-refractivity contribution >= 4 is 17.5 Å². The monoisotopic (exact) mass is 613 g/mol. The largest absolute Gasteiger partial charge is 0.493 e. The first-order valence-corrected chi connectivity index (χ1v) is 13.6. The number of nitrogens with zero attached hydrogens (tertiary/aromatic N) is 3. The minimum absolute atomic E-state index is 0.0255. The molecule has 6 rings (SSSR count). The number of fused-ring (bicyclic) bond motifs is 2. The second kappa shape index (κ2) is 10.2. The normalized spacial score (nSPS) is 19.2. The maximum Gasteiger partial charge on any atom is 0.424 e. The molecule has 10 nitrogen and oxygen atoms in total. The Labute approximate surface area is 247 Å². The zero-order chi connectivity index (χ0) is 31.6. The molecule has 2 aliphatic rings. The van der Waals surface area contributed by atoms with Gasteiger partial charge in [-0.1, -0.05) is 0 Å². The van der Waals surface area contributed by atoms with Crippen molar-refractivity contribution in [1.29, 1.82) is 0 Å². The summed E-state index contributed by atoms with van der Waals surface area (Å²) in [7, 11) is 1.43. The molecule has 1 unspecified atom stereocenters. The molecule has 44 heavy (non-hydrogen) atoms. The van der Waals surface area contributed by atoms with Gasteiger partial charge in [-0.05, 0) is 62.2 Å². The van der Waals surface area contributed by atoms with Crippen molar-refractivity contribution in [3.8, 4) is 22.8 Å². The highest BCUT2D eigenvalue weighted by Gasteiger charge is 2.57. The van der Waals surface area contributed by atoms with Crippen LogP contribution in [0, 0.1) is 5.82 Å². The highest BCUT2D eigenvalue weighted by molar-refractivity contribution is 5.94. The molecule has 14 heteroatoms. The number of primary amides is 1. The van der Waals surface area contributed by atoms with Gasteiger partial charge in [-0.3, -0.25) is 14.0 Å². The lowest BCUT2D eigenvalue weighted by molar-refractivity contribution is -0.265. The Hall–Kier alpha value is -4.72. The molecule has 1 aliphatic heterocycles. The van der Waals surface area contributed by atoms with Crippen LogP contribution in [0.2, 0.25) is 0 Å². The van der Waals surface area contributed by atoms with Crippen molar-refractivity contribution in [2.24, 2.45) is 5.73 Å². The summed E-state index contributed by atoms with van der Waals surface area (Å²) >= 11 is 0. The van der Waals surface area contributed by atoms with E-state index in [0.29, 0.717) is 11.4 Å². The number of alkyl halides is 3. The van der Waals surface area contributed by atoms with Crippen LogP contribution >= 0.6 is 0 Å². The first-order chi connectivity index (χ1) is 20.8. The Bertz CT molecular complexity index is 1800. The number of pyridine rings is 2. The van der Waals surface area contributed by atoms with Crippen LogP contribution in [0.3, 0.4) is 0 Å². The Balaban J connectivity index is 1.42. The van der Waals surface area contributed by atoms with E-state index < -0.39 is 47.1 Å². The van der Waals surface area contributed by atoms with Crippen molar-refractivity contribution < 1.29 is 41.7 Å². The van der Waals surface area contributed by atoms with Crippen molar-refractivity contribution in [3.05, 3.63) is 77.1 Å². The standard InChI is InChI=1S/C30H27F4N5O5/c1-28(27(35)41)14-44-24-18(28)11-22(38-23(24)16-5-7-17(31)8-6-16)29(42,30(32,33)34)13-36-26(40)20-9-10-21(43-2)25-37-19(12-39(20)25)15-3-4-15/h5-12,15,42H,3-4,13-14H2,1-2H3,(H2,35,41)(H,36,40)/t28-,29?/m0/s1. The van der Waals surface area contributed by atoms with Crippen LogP contribution in [0.5, 0.6) is 11.5 Å². The van der Waals surface area contributed by atoms with Crippen LogP contribution in [-0.2, 0) is 15.8 Å². The highest BCUT2D eigenvalue weighted by Crippen LogP contribution is 2.48. The number of hydrogen-bond donors (Lipinski definition) is 3. The molecule has 230 valence electrons. The molecule has 0 saturated heterocycles. The molecule has 3 aromatic heterocycles. The third-order valence-corrected chi connectivity index (χ3v) is 8.18. The lowest BCUT2D eigenvalue weighted by atomic mass is 9.81. The maximum absolute atomic E-state index is 14.7. The summed E-state index contributed by atoms with van der Waals surface area (Å²) in [6, 6.07) is 8.46. The van der Waals surface area contributed by atoms with E-state index in [1.807, 2.05) is 0 Å². The molecule has 1 aromatic carbocycles. The third-order valence-electron chi connectivity index (χ3n) is 8.18. The van der Waals surface area contributed by atoms with Gasteiger partial charge in [-0.15, -0.1) is 0 Å². The van der Waals surface area contributed by atoms with Crippen molar-refractivity contribution in [3.63, 3.8) is 0 Å². The number of amides is 2. The summed E-state index contributed by atoms with van der Waals surface area (Å²) in [5.74, 6) is -1.84. The fourth-order valence-electron chi connectivity index (χ4n) is 5.22. The van der Waals surface area contributed by atoms with Gasteiger partial charge in [0.25, 0.3) is 5.91 Å². The van der Waals surface area contributed by atoms with E-state index in [9.17, 15) is 32.3 Å². The number of methoxy groups -OCH3 is 1. The minimum Gasteiger partial charge on any atom is -0.493 e. The predicted octanol–water partition coefficient (Wildman–Crippen LogP) is 3.74. The Morgan fingerprint density at radius 2 is 1.89 bits per heavy atom. The molecule has 2 atom stereocenters. The number of nitrogens with one attached hydrogen (secondary N) is 1. The first-order valence-electron chi connectivity index (χ1n) is 13.6. The summed E-state index contributed by atoms with van der Waals surface area (Å²) in [4.78, 5) is 34.4. The average Bonchev–Trinajstić information content (AvgIpc) is 3.65. The molecule has 0 radical (unpaired) electrons. The number of nitrogens with two attached hydrogens (primary N) is 1. The molecular formula is C30H27F4N5O5. The smallest absolute Gasteiger partial charge is 0.424 e. The molecular weight excluding hydrogens is 586 g/mol. The van der Waals surface area contributed by atoms with Crippen molar-refractivity contribution in [1.82, 2.24) is 19.7 Å². The second-order valence-corrected chi connectivity index (χ2v) is 11.2. The number of rotatable bonds is 8. The van der Waals surface area contributed by atoms with Crippen LogP contribution in [0.1, 0.15) is 53.1 Å². The minimum atomic E-state index is -5.35. The fourth-order valence-corrected chi connectivity index (χ4v) is 5.22. The van der Waals surface area contributed by atoms with Crippen LogP contribution in [-0.4, -0.2) is 57.7 Å². The number of carbonyl (C=O) groups is 2. The third kappa shape index (κ3) is 4.69. The summed E-state index contributed by atoms with van der Waals surface area (Å²) in [6.07, 6.45) is -1.85. The number of halogens is 4. The Morgan fingerprint density at radius 1 is 1.18 bits per heavy atom. The van der Waals surface area contributed by atoms with Crippen LogP contribution in [0.15, 0.2) is 48.7 Å². The van der Waals surface area contributed by atoms with Gasteiger partial charge in [0.15, 0.2) is 11.4 Å². The molecule has 0 spiro atoms.